The van der Waals surface area contributed by atoms with Gasteiger partial charge in [0, 0.05) is 11.1 Å². The first-order chi connectivity index (χ1) is 12.1. The van der Waals surface area contributed by atoms with Gasteiger partial charge in [0.2, 0.25) is 5.89 Å². The second kappa shape index (κ2) is 7.87. The van der Waals surface area contributed by atoms with Crippen molar-refractivity contribution in [2.75, 3.05) is 6.61 Å². The van der Waals surface area contributed by atoms with Gasteiger partial charge in [-0.25, -0.2) is 9.18 Å². The van der Waals surface area contributed by atoms with Crippen LogP contribution < -0.4 is 5.76 Å². The monoisotopic (exact) mass is 344 g/mol. The number of hydrogen-bond donors (Lipinski definition) is 1. The van der Waals surface area contributed by atoms with E-state index in [-0.39, 0.29) is 31.5 Å². The molecule has 0 aliphatic carbocycles. The first kappa shape index (κ1) is 17.1. The number of aliphatic hydroxyl groups is 1. The van der Waals surface area contributed by atoms with Gasteiger partial charge < -0.3 is 14.3 Å². The SMILES string of the molecule is O=c1oc(-c2ccccc2)nn1C[C@H](O)COCc1ccccc1F. The average Bonchev–Trinajstić information content (AvgIpc) is 2.98. The molecule has 0 saturated carbocycles. The van der Waals surface area contributed by atoms with Crippen LogP contribution in [0.15, 0.2) is 63.8 Å². The summed E-state index contributed by atoms with van der Waals surface area (Å²) in [4.78, 5) is 11.8. The Bertz CT molecular complexity index is 876. The van der Waals surface area contributed by atoms with E-state index in [4.69, 9.17) is 9.15 Å². The molecule has 0 fully saturated rings. The van der Waals surface area contributed by atoms with E-state index in [0.717, 1.165) is 4.68 Å². The number of aromatic nitrogens is 2. The third-order valence-electron chi connectivity index (χ3n) is 3.54. The van der Waals surface area contributed by atoms with Crippen LogP contribution in [-0.4, -0.2) is 27.6 Å². The second-order valence-corrected chi connectivity index (χ2v) is 5.48. The highest BCUT2D eigenvalue weighted by Gasteiger charge is 2.14. The molecule has 0 amide bonds. The molecule has 1 atom stereocenters. The van der Waals surface area contributed by atoms with E-state index >= 15 is 0 Å². The number of benzene rings is 2. The molecule has 3 aromatic rings. The number of ether oxygens (including phenoxy) is 1. The Hall–Kier alpha value is -2.77. The summed E-state index contributed by atoms with van der Waals surface area (Å²) in [5.41, 5.74) is 1.07. The summed E-state index contributed by atoms with van der Waals surface area (Å²) in [7, 11) is 0. The third kappa shape index (κ3) is 4.40. The van der Waals surface area contributed by atoms with Crippen molar-refractivity contribution in [2.24, 2.45) is 0 Å². The minimum atomic E-state index is -0.974. The van der Waals surface area contributed by atoms with Crippen molar-refractivity contribution >= 4 is 0 Å². The maximum atomic E-state index is 13.5. The van der Waals surface area contributed by atoms with Crippen molar-refractivity contribution in [1.82, 2.24) is 9.78 Å². The zero-order valence-electron chi connectivity index (χ0n) is 13.3. The van der Waals surface area contributed by atoms with E-state index in [1.165, 1.54) is 6.07 Å². The highest BCUT2D eigenvalue weighted by atomic mass is 19.1. The Morgan fingerprint density at radius 3 is 2.64 bits per heavy atom. The lowest BCUT2D eigenvalue weighted by molar-refractivity contribution is 0.0169. The molecule has 1 aromatic heterocycles. The van der Waals surface area contributed by atoms with Crippen molar-refractivity contribution < 1.29 is 18.7 Å². The van der Waals surface area contributed by atoms with Crippen LogP contribution in [0.5, 0.6) is 0 Å². The molecule has 0 aliphatic rings. The Labute approximate surface area is 143 Å². The van der Waals surface area contributed by atoms with Gasteiger partial charge in [-0.1, -0.05) is 36.4 Å². The van der Waals surface area contributed by atoms with Crippen molar-refractivity contribution in [1.29, 1.82) is 0 Å². The lowest BCUT2D eigenvalue weighted by Crippen LogP contribution is -2.28. The minimum absolute atomic E-state index is 0.0344. The number of aliphatic hydroxyl groups excluding tert-OH is 1. The van der Waals surface area contributed by atoms with Crippen molar-refractivity contribution in [3.63, 3.8) is 0 Å². The summed E-state index contributed by atoms with van der Waals surface area (Å²) in [6.07, 6.45) is -0.974. The van der Waals surface area contributed by atoms with E-state index in [9.17, 15) is 14.3 Å². The Kier molecular flexibility index (Phi) is 5.37. The number of hydrogen-bond acceptors (Lipinski definition) is 5. The lowest BCUT2D eigenvalue weighted by atomic mass is 10.2. The predicted octanol–water partition coefficient (Wildman–Crippen LogP) is 2.22. The zero-order chi connectivity index (χ0) is 17.6. The summed E-state index contributed by atoms with van der Waals surface area (Å²) < 4.78 is 24.9. The van der Waals surface area contributed by atoms with Gasteiger partial charge in [-0.2, -0.15) is 4.68 Å². The molecule has 0 unspecified atom stereocenters. The van der Waals surface area contributed by atoms with Crippen molar-refractivity contribution in [3.05, 3.63) is 76.5 Å². The zero-order valence-corrected chi connectivity index (χ0v) is 13.3. The lowest BCUT2D eigenvalue weighted by Gasteiger charge is -2.10. The van der Waals surface area contributed by atoms with Crippen LogP contribution >= 0.6 is 0 Å². The normalized spacial score (nSPS) is 12.2. The molecule has 2 aromatic carbocycles. The molecule has 130 valence electrons. The summed E-state index contributed by atoms with van der Waals surface area (Å²) in [6.45, 7) is -0.104. The molecular formula is C18H17FN2O4. The smallest absolute Gasteiger partial charge is 0.389 e. The Morgan fingerprint density at radius 2 is 1.88 bits per heavy atom. The van der Waals surface area contributed by atoms with Gasteiger partial charge in [-0.05, 0) is 18.2 Å². The van der Waals surface area contributed by atoms with Gasteiger partial charge in [0.15, 0.2) is 0 Å². The Morgan fingerprint density at radius 1 is 1.16 bits per heavy atom. The van der Waals surface area contributed by atoms with Crippen LogP contribution in [0.1, 0.15) is 5.56 Å². The molecule has 3 rings (SSSR count). The van der Waals surface area contributed by atoms with Gasteiger partial charge in [-0.3, -0.25) is 0 Å². The van der Waals surface area contributed by atoms with E-state index < -0.39 is 11.9 Å². The van der Waals surface area contributed by atoms with Crippen molar-refractivity contribution in [3.8, 4) is 11.5 Å². The van der Waals surface area contributed by atoms with Gasteiger partial charge in [0.25, 0.3) is 0 Å². The molecule has 1 N–H and O–H groups in total. The largest absolute Gasteiger partial charge is 0.437 e. The summed E-state index contributed by atoms with van der Waals surface area (Å²) in [6, 6.07) is 15.2. The van der Waals surface area contributed by atoms with Gasteiger partial charge in [0.05, 0.1) is 25.9 Å². The van der Waals surface area contributed by atoms with Crippen LogP contribution in [0.2, 0.25) is 0 Å². The molecule has 0 aliphatic heterocycles. The maximum absolute atomic E-state index is 13.5. The van der Waals surface area contributed by atoms with Gasteiger partial charge >= 0.3 is 5.76 Å². The fourth-order valence-corrected chi connectivity index (χ4v) is 2.29. The third-order valence-corrected chi connectivity index (χ3v) is 3.54. The Balaban J connectivity index is 1.56. The molecular weight excluding hydrogens is 327 g/mol. The second-order valence-electron chi connectivity index (χ2n) is 5.48. The molecule has 6 nitrogen and oxygen atoms in total. The van der Waals surface area contributed by atoms with Crippen LogP contribution in [0.4, 0.5) is 4.39 Å². The van der Waals surface area contributed by atoms with Crippen LogP contribution in [-0.2, 0) is 17.9 Å². The summed E-state index contributed by atoms with van der Waals surface area (Å²) in [5, 5.41) is 14.1. The predicted molar refractivity (Wildman–Crippen MR) is 88.3 cm³/mol. The fourth-order valence-electron chi connectivity index (χ4n) is 2.29. The standard InChI is InChI=1S/C18H17FN2O4/c19-16-9-5-4-8-14(16)11-24-12-15(22)10-21-18(23)25-17(20-21)13-6-2-1-3-7-13/h1-9,15,22H,10-12H2/t15-/m0/s1. The molecule has 25 heavy (non-hydrogen) atoms. The first-order valence-corrected chi connectivity index (χ1v) is 7.76. The molecule has 0 saturated heterocycles. The van der Waals surface area contributed by atoms with Crippen LogP contribution in [0, 0.1) is 5.82 Å². The number of nitrogens with zero attached hydrogens (tertiary/aromatic N) is 2. The van der Waals surface area contributed by atoms with Crippen LogP contribution in [0.3, 0.4) is 0 Å². The summed E-state index contributed by atoms with van der Waals surface area (Å²) in [5.74, 6) is -0.839. The van der Waals surface area contributed by atoms with Crippen LogP contribution in [0.25, 0.3) is 11.5 Å². The summed E-state index contributed by atoms with van der Waals surface area (Å²) >= 11 is 0. The minimum Gasteiger partial charge on any atom is -0.389 e. The highest BCUT2D eigenvalue weighted by molar-refractivity contribution is 5.51. The molecule has 7 heteroatoms. The van der Waals surface area contributed by atoms with Gasteiger partial charge in [0.1, 0.15) is 5.82 Å². The van der Waals surface area contributed by atoms with Crippen molar-refractivity contribution in [2.45, 2.75) is 19.3 Å². The molecule has 0 bridgehead atoms. The molecule has 0 spiro atoms. The number of halogens is 1. The van der Waals surface area contributed by atoms with E-state index in [1.54, 1.807) is 42.5 Å². The number of rotatable bonds is 7. The van der Waals surface area contributed by atoms with E-state index in [0.29, 0.717) is 11.1 Å². The average molecular weight is 344 g/mol. The quantitative estimate of drug-likeness (QED) is 0.711. The fraction of sp³-hybridized carbons (Fsp3) is 0.222. The molecule has 1 heterocycles. The first-order valence-electron chi connectivity index (χ1n) is 7.76. The van der Waals surface area contributed by atoms with E-state index in [1.807, 2.05) is 6.07 Å². The van der Waals surface area contributed by atoms with Gasteiger partial charge in [-0.15, -0.1) is 5.10 Å². The van der Waals surface area contributed by atoms with E-state index in [2.05, 4.69) is 5.10 Å². The topological polar surface area (TPSA) is 77.5 Å². The maximum Gasteiger partial charge on any atom is 0.437 e. The highest BCUT2D eigenvalue weighted by Crippen LogP contribution is 2.14. The molecule has 0 radical (unpaired) electrons.